The third-order valence-electron chi connectivity index (χ3n) is 2.32. The fraction of sp³-hybridized carbons (Fsp3) is 0.778. The van der Waals surface area contributed by atoms with Gasteiger partial charge < -0.3 is 5.11 Å². The van der Waals surface area contributed by atoms with E-state index in [0.717, 1.165) is 0 Å². The van der Waals surface area contributed by atoms with Crippen LogP contribution < -0.4 is 4.72 Å². The van der Waals surface area contributed by atoms with E-state index < -0.39 is 10.2 Å². The third kappa shape index (κ3) is 4.69. The van der Waals surface area contributed by atoms with Gasteiger partial charge in [-0.05, 0) is 6.42 Å². The lowest BCUT2D eigenvalue weighted by atomic mass is 10.4. The van der Waals surface area contributed by atoms with Crippen LogP contribution in [0.25, 0.3) is 0 Å². The lowest BCUT2D eigenvalue weighted by Gasteiger charge is -2.16. The zero-order chi connectivity index (χ0) is 13.6. The SMILES string of the molecule is CN(CCCO)S(=O)(=O)NCCc1ncn(C)n1. The van der Waals surface area contributed by atoms with Gasteiger partial charge in [-0.25, -0.2) is 9.71 Å². The number of rotatable bonds is 8. The molecule has 2 N–H and O–H groups in total. The second-order valence-corrected chi connectivity index (χ2v) is 5.74. The Morgan fingerprint density at radius 3 is 2.83 bits per heavy atom. The fourth-order valence-corrected chi connectivity index (χ4v) is 2.26. The van der Waals surface area contributed by atoms with Gasteiger partial charge in [-0.2, -0.15) is 17.8 Å². The Morgan fingerprint density at radius 2 is 2.28 bits per heavy atom. The highest BCUT2D eigenvalue weighted by atomic mass is 32.2. The molecule has 0 saturated heterocycles. The Hall–Kier alpha value is -1.03. The van der Waals surface area contributed by atoms with Gasteiger partial charge in [0.15, 0.2) is 5.82 Å². The van der Waals surface area contributed by atoms with E-state index in [1.165, 1.54) is 11.4 Å². The van der Waals surface area contributed by atoms with Crippen LogP contribution in [0.4, 0.5) is 0 Å². The highest BCUT2D eigenvalue weighted by Crippen LogP contribution is 1.96. The zero-order valence-electron chi connectivity index (χ0n) is 10.6. The summed E-state index contributed by atoms with van der Waals surface area (Å²) in [4.78, 5) is 4.00. The predicted octanol–water partition coefficient (Wildman–Crippen LogP) is -1.49. The van der Waals surface area contributed by atoms with Gasteiger partial charge in [0.2, 0.25) is 0 Å². The first kappa shape index (κ1) is 15.0. The largest absolute Gasteiger partial charge is 0.396 e. The Morgan fingerprint density at radius 1 is 1.56 bits per heavy atom. The monoisotopic (exact) mass is 277 g/mol. The molecule has 0 amide bonds. The van der Waals surface area contributed by atoms with Crippen molar-refractivity contribution in [3.05, 3.63) is 12.2 Å². The van der Waals surface area contributed by atoms with Crippen molar-refractivity contribution in [1.82, 2.24) is 23.8 Å². The molecule has 0 unspecified atom stereocenters. The molecule has 0 bridgehead atoms. The fourth-order valence-electron chi connectivity index (χ4n) is 1.31. The van der Waals surface area contributed by atoms with Gasteiger partial charge >= 0.3 is 0 Å². The average Bonchev–Trinajstić information content (AvgIpc) is 2.71. The number of nitrogens with one attached hydrogen (secondary N) is 1. The minimum Gasteiger partial charge on any atom is -0.396 e. The molecule has 18 heavy (non-hydrogen) atoms. The Bertz CT molecular complexity index is 459. The van der Waals surface area contributed by atoms with Crippen LogP contribution in [0.15, 0.2) is 6.33 Å². The average molecular weight is 277 g/mol. The van der Waals surface area contributed by atoms with E-state index in [2.05, 4.69) is 14.8 Å². The van der Waals surface area contributed by atoms with Crippen molar-refractivity contribution in [3.63, 3.8) is 0 Å². The first-order valence-electron chi connectivity index (χ1n) is 5.62. The molecule has 1 aromatic heterocycles. The maximum Gasteiger partial charge on any atom is 0.279 e. The molecule has 0 saturated carbocycles. The van der Waals surface area contributed by atoms with Crippen LogP contribution in [-0.4, -0.2) is 59.3 Å². The van der Waals surface area contributed by atoms with Crippen LogP contribution in [0.5, 0.6) is 0 Å². The molecular formula is C9H19N5O3S. The number of hydrogen-bond acceptors (Lipinski definition) is 5. The molecule has 1 aromatic rings. The number of aromatic nitrogens is 3. The lowest BCUT2D eigenvalue weighted by molar-refractivity contribution is 0.275. The van der Waals surface area contributed by atoms with E-state index in [0.29, 0.717) is 18.7 Å². The van der Waals surface area contributed by atoms with Crippen LogP contribution >= 0.6 is 0 Å². The van der Waals surface area contributed by atoms with Crippen molar-refractivity contribution in [2.75, 3.05) is 26.7 Å². The highest BCUT2D eigenvalue weighted by Gasteiger charge is 2.16. The lowest BCUT2D eigenvalue weighted by Crippen LogP contribution is -2.39. The standard InChI is InChI=1S/C9H19N5O3S/c1-13-8-10-9(12-13)4-5-11-18(16,17)14(2)6-3-7-15/h8,11,15H,3-7H2,1-2H3. The van der Waals surface area contributed by atoms with Crippen LogP contribution in [0.2, 0.25) is 0 Å². The summed E-state index contributed by atoms with van der Waals surface area (Å²) in [6, 6.07) is 0. The summed E-state index contributed by atoms with van der Waals surface area (Å²) in [6.07, 6.45) is 2.42. The van der Waals surface area contributed by atoms with Gasteiger partial charge in [-0.3, -0.25) is 4.68 Å². The topological polar surface area (TPSA) is 100 Å². The van der Waals surface area contributed by atoms with Crippen molar-refractivity contribution in [2.45, 2.75) is 12.8 Å². The number of aliphatic hydroxyl groups excluding tert-OH is 1. The molecule has 1 rings (SSSR count). The molecule has 1 heterocycles. The van der Waals surface area contributed by atoms with E-state index in [1.807, 2.05) is 0 Å². The molecule has 0 spiro atoms. The molecule has 8 nitrogen and oxygen atoms in total. The molecule has 9 heteroatoms. The number of aliphatic hydroxyl groups is 1. The van der Waals surface area contributed by atoms with E-state index in [1.54, 1.807) is 18.1 Å². The maximum absolute atomic E-state index is 11.7. The Kier molecular flexibility index (Phi) is 5.66. The molecule has 0 aromatic carbocycles. The summed E-state index contributed by atoms with van der Waals surface area (Å²) in [5.74, 6) is 0.596. The van der Waals surface area contributed by atoms with Gasteiger partial charge in [-0.15, -0.1) is 0 Å². The van der Waals surface area contributed by atoms with E-state index in [9.17, 15) is 8.42 Å². The van der Waals surface area contributed by atoms with E-state index >= 15 is 0 Å². The Balaban J connectivity index is 2.37. The highest BCUT2D eigenvalue weighted by molar-refractivity contribution is 7.87. The van der Waals surface area contributed by atoms with Gasteiger partial charge in [-0.1, -0.05) is 0 Å². The summed E-state index contributed by atoms with van der Waals surface area (Å²) in [7, 11) is -0.263. The molecule has 0 aliphatic rings. The summed E-state index contributed by atoms with van der Waals surface area (Å²) < 4.78 is 28.6. The molecular weight excluding hydrogens is 258 g/mol. The molecule has 0 atom stereocenters. The molecule has 0 fully saturated rings. The minimum atomic E-state index is -3.49. The van der Waals surface area contributed by atoms with Gasteiger partial charge in [0, 0.05) is 40.2 Å². The predicted molar refractivity (Wildman–Crippen MR) is 66.0 cm³/mol. The zero-order valence-corrected chi connectivity index (χ0v) is 11.4. The first-order chi connectivity index (χ1) is 8.45. The van der Waals surface area contributed by atoms with Crippen LogP contribution in [-0.2, 0) is 23.7 Å². The van der Waals surface area contributed by atoms with Crippen LogP contribution in [0.1, 0.15) is 12.2 Å². The van der Waals surface area contributed by atoms with Crippen molar-refractivity contribution in [3.8, 4) is 0 Å². The molecule has 0 radical (unpaired) electrons. The number of hydrogen-bond donors (Lipinski definition) is 2. The number of aryl methyl sites for hydroxylation is 1. The summed E-state index contributed by atoms with van der Waals surface area (Å²) in [6.45, 7) is 0.501. The van der Waals surface area contributed by atoms with Crippen LogP contribution in [0.3, 0.4) is 0 Å². The quantitative estimate of drug-likeness (QED) is 0.603. The maximum atomic E-state index is 11.7. The first-order valence-corrected chi connectivity index (χ1v) is 7.06. The number of nitrogens with zero attached hydrogens (tertiary/aromatic N) is 4. The smallest absolute Gasteiger partial charge is 0.279 e. The summed E-state index contributed by atoms with van der Waals surface area (Å²) in [5.41, 5.74) is 0. The summed E-state index contributed by atoms with van der Waals surface area (Å²) >= 11 is 0. The van der Waals surface area contributed by atoms with Crippen molar-refractivity contribution >= 4 is 10.2 Å². The summed E-state index contributed by atoms with van der Waals surface area (Å²) in [5, 5.41) is 12.7. The second-order valence-electron chi connectivity index (χ2n) is 3.88. The van der Waals surface area contributed by atoms with Gasteiger partial charge in [0.25, 0.3) is 10.2 Å². The van der Waals surface area contributed by atoms with Gasteiger partial charge in [0.1, 0.15) is 6.33 Å². The molecule has 0 aliphatic heterocycles. The third-order valence-corrected chi connectivity index (χ3v) is 3.89. The minimum absolute atomic E-state index is 0.0300. The Labute approximate surface area is 107 Å². The van der Waals surface area contributed by atoms with Crippen molar-refractivity contribution in [1.29, 1.82) is 0 Å². The van der Waals surface area contributed by atoms with Gasteiger partial charge in [0.05, 0.1) is 0 Å². The second kappa shape index (κ2) is 6.78. The van der Waals surface area contributed by atoms with Crippen molar-refractivity contribution in [2.24, 2.45) is 7.05 Å². The normalized spacial score (nSPS) is 12.2. The molecule has 0 aliphatic carbocycles. The van der Waals surface area contributed by atoms with E-state index in [-0.39, 0.29) is 19.7 Å². The molecule has 104 valence electrons. The van der Waals surface area contributed by atoms with Crippen molar-refractivity contribution < 1.29 is 13.5 Å². The van der Waals surface area contributed by atoms with Crippen LogP contribution in [0, 0.1) is 0 Å². The van der Waals surface area contributed by atoms with E-state index in [4.69, 9.17) is 5.11 Å².